The number of rotatable bonds is 3. The Morgan fingerprint density at radius 3 is 2.80 bits per heavy atom. The van der Waals surface area contributed by atoms with Crippen LogP contribution in [0.5, 0.6) is 0 Å². The van der Waals surface area contributed by atoms with Crippen molar-refractivity contribution in [1.82, 2.24) is 4.98 Å². The Bertz CT molecular complexity index is 457. The lowest BCUT2D eigenvalue weighted by Crippen LogP contribution is -1.88. The number of aromatic nitrogens is 1. The number of hydrogen-bond acceptors (Lipinski definition) is 1. The quantitative estimate of drug-likeness (QED) is 0.821. The zero-order chi connectivity index (χ0) is 10.8. The molecule has 2 aromatic rings. The van der Waals surface area contributed by atoms with Crippen LogP contribution in [0.4, 0.5) is 0 Å². The minimum absolute atomic E-state index is 0.692. The van der Waals surface area contributed by atoms with Crippen molar-refractivity contribution in [2.24, 2.45) is 0 Å². The highest BCUT2D eigenvalue weighted by atomic mass is 32.2. The van der Waals surface area contributed by atoms with E-state index in [0.29, 0.717) is 5.25 Å². The fraction of sp³-hybridized carbons (Fsp3) is 0.385. The number of fused-ring (bicyclic) bond motifs is 1. The summed E-state index contributed by atoms with van der Waals surface area (Å²) in [5.74, 6) is 1.08. The van der Waals surface area contributed by atoms with Crippen LogP contribution >= 0.6 is 11.8 Å². The third-order valence-corrected chi connectivity index (χ3v) is 3.65. The lowest BCUT2D eigenvalue weighted by molar-refractivity contribution is 1.10. The van der Waals surface area contributed by atoms with Crippen molar-refractivity contribution in [3.05, 3.63) is 35.5 Å². The molecule has 1 nitrogen and oxygen atoms in total. The summed E-state index contributed by atoms with van der Waals surface area (Å²) in [5, 5.41) is 2.05. The summed E-state index contributed by atoms with van der Waals surface area (Å²) in [7, 11) is 0. The zero-order valence-corrected chi connectivity index (χ0v) is 10.3. The van der Waals surface area contributed by atoms with E-state index in [1.807, 2.05) is 11.8 Å². The molecule has 80 valence electrons. The molecular weight excluding hydrogens is 202 g/mol. The molecule has 0 aliphatic carbocycles. The highest BCUT2D eigenvalue weighted by Crippen LogP contribution is 2.23. The lowest BCUT2D eigenvalue weighted by atomic mass is 10.1. The van der Waals surface area contributed by atoms with Crippen LogP contribution in [0.1, 0.15) is 25.1 Å². The van der Waals surface area contributed by atoms with Gasteiger partial charge in [0.1, 0.15) is 0 Å². The Kier molecular flexibility index (Phi) is 3.06. The van der Waals surface area contributed by atoms with Crippen molar-refractivity contribution in [1.29, 1.82) is 0 Å². The van der Waals surface area contributed by atoms with Gasteiger partial charge < -0.3 is 4.98 Å². The molecule has 0 unspecified atom stereocenters. The predicted molar refractivity (Wildman–Crippen MR) is 69.5 cm³/mol. The molecular formula is C13H17NS. The number of benzene rings is 1. The first-order valence-corrected chi connectivity index (χ1v) is 6.40. The molecule has 0 spiro atoms. The number of aromatic amines is 1. The van der Waals surface area contributed by atoms with E-state index in [1.165, 1.54) is 22.2 Å². The number of aryl methyl sites for hydroxylation is 1. The molecule has 0 radical (unpaired) electrons. The molecule has 1 aromatic heterocycles. The summed E-state index contributed by atoms with van der Waals surface area (Å²) in [5.41, 5.74) is 3.94. The molecule has 0 fully saturated rings. The van der Waals surface area contributed by atoms with Crippen LogP contribution in [0, 0.1) is 6.92 Å². The topological polar surface area (TPSA) is 15.8 Å². The summed E-state index contributed by atoms with van der Waals surface area (Å²) < 4.78 is 0. The van der Waals surface area contributed by atoms with Crippen molar-refractivity contribution in [3.63, 3.8) is 0 Å². The van der Waals surface area contributed by atoms with Crippen molar-refractivity contribution in [2.75, 3.05) is 0 Å². The Balaban J connectivity index is 2.27. The van der Waals surface area contributed by atoms with Gasteiger partial charge in [0.05, 0.1) is 0 Å². The average Bonchev–Trinajstić information content (AvgIpc) is 2.59. The minimum Gasteiger partial charge on any atom is -0.358 e. The molecule has 0 saturated heterocycles. The van der Waals surface area contributed by atoms with E-state index in [1.54, 1.807) is 0 Å². The van der Waals surface area contributed by atoms with Gasteiger partial charge in [-0.05, 0) is 29.9 Å². The first kappa shape index (κ1) is 10.6. The number of hydrogen-bond donors (Lipinski definition) is 1. The molecule has 1 heterocycles. The molecule has 0 bridgehead atoms. The van der Waals surface area contributed by atoms with Gasteiger partial charge in [0.2, 0.25) is 0 Å². The van der Waals surface area contributed by atoms with E-state index < -0.39 is 0 Å². The van der Waals surface area contributed by atoms with E-state index in [2.05, 4.69) is 50.0 Å². The van der Waals surface area contributed by atoms with Crippen molar-refractivity contribution in [3.8, 4) is 0 Å². The Hall–Kier alpha value is -0.890. The molecule has 2 rings (SSSR count). The largest absolute Gasteiger partial charge is 0.358 e. The van der Waals surface area contributed by atoms with Crippen LogP contribution in [-0.4, -0.2) is 10.2 Å². The number of nitrogens with one attached hydrogen (secondary N) is 1. The standard InChI is InChI=1S/C13H17NS/c1-9(2)15-8-11-7-12-10(3)5-4-6-13(12)14-11/h4-7,9,14H,8H2,1-3H3. The summed E-state index contributed by atoms with van der Waals surface area (Å²) in [4.78, 5) is 3.47. The number of thioether (sulfide) groups is 1. The van der Waals surface area contributed by atoms with E-state index in [4.69, 9.17) is 0 Å². The van der Waals surface area contributed by atoms with Crippen LogP contribution in [0.3, 0.4) is 0 Å². The van der Waals surface area contributed by atoms with Gasteiger partial charge >= 0.3 is 0 Å². The molecule has 15 heavy (non-hydrogen) atoms. The second-order valence-electron chi connectivity index (χ2n) is 4.19. The second-order valence-corrected chi connectivity index (χ2v) is 5.76. The first-order chi connectivity index (χ1) is 7.16. The molecule has 0 amide bonds. The molecule has 2 heteroatoms. The normalized spacial score (nSPS) is 11.5. The van der Waals surface area contributed by atoms with Crippen molar-refractivity contribution in [2.45, 2.75) is 31.8 Å². The molecule has 0 aliphatic rings. The van der Waals surface area contributed by atoms with Crippen LogP contribution in [0.15, 0.2) is 24.3 Å². The molecule has 1 aromatic carbocycles. The van der Waals surface area contributed by atoms with Gasteiger partial charge in [-0.25, -0.2) is 0 Å². The van der Waals surface area contributed by atoms with Crippen LogP contribution < -0.4 is 0 Å². The van der Waals surface area contributed by atoms with E-state index in [-0.39, 0.29) is 0 Å². The smallest absolute Gasteiger partial charge is 0.0458 e. The molecule has 0 saturated carbocycles. The molecule has 0 aliphatic heterocycles. The zero-order valence-electron chi connectivity index (χ0n) is 9.50. The van der Waals surface area contributed by atoms with Gasteiger partial charge in [-0.1, -0.05) is 26.0 Å². The summed E-state index contributed by atoms with van der Waals surface area (Å²) in [6, 6.07) is 8.69. The van der Waals surface area contributed by atoms with E-state index >= 15 is 0 Å². The summed E-state index contributed by atoms with van der Waals surface area (Å²) in [6.45, 7) is 6.63. The van der Waals surface area contributed by atoms with E-state index in [9.17, 15) is 0 Å². The fourth-order valence-corrected chi connectivity index (χ4v) is 2.37. The van der Waals surface area contributed by atoms with Gasteiger partial charge in [-0.15, -0.1) is 0 Å². The van der Waals surface area contributed by atoms with Crippen LogP contribution in [-0.2, 0) is 5.75 Å². The monoisotopic (exact) mass is 219 g/mol. The predicted octanol–water partition coefficient (Wildman–Crippen LogP) is 4.12. The van der Waals surface area contributed by atoms with Gasteiger partial charge in [0.25, 0.3) is 0 Å². The van der Waals surface area contributed by atoms with Gasteiger partial charge in [-0.3, -0.25) is 0 Å². The lowest BCUT2D eigenvalue weighted by Gasteiger charge is -2.01. The van der Waals surface area contributed by atoms with Gasteiger partial charge in [0.15, 0.2) is 0 Å². The maximum Gasteiger partial charge on any atom is 0.0458 e. The molecule has 0 atom stereocenters. The molecule has 1 N–H and O–H groups in total. The van der Waals surface area contributed by atoms with Gasteiger partial charge in [0, 0.05) is 22.3 Å². The van der Waals surface area contributed by atoms with Gasteiger partial charge in [-0.2, -0.15) is 11.8 Å². The summed E-state index contributed by atoms with van der Waals surface area (Å²) in [6.07, 6.45) is 0. The number of H-pyrrole nitrogens is 1. The Morgan fingerprint density at radius 2 is 2.13 bits per heavy atom. The maximum atomic E-state index is 3.47. The first-order valence-electron chi connectivity index (χ1n) is 5.35. The van der Waals surface area contributed by atoms with Crippen LogP contribution in [0.2, 0.25) is 0 Å². The third-order valence-electron chi connectivity index (χ3n) is 2.51. The van der Waals surface area contributed by atoms with Crippen molar-refractivity contribution < 1.29 is 0 Å². The van der Waals surface area contributed by atoms with Crippen LogP contribution in [0.25, 0.3) is 10.9 Å². The Morgan fingerprint density at radius 1 is 1.33 bits per heavy atom. The average molecular weight is 219 g/mol. The third kappa shape index (κ3) is 2.37. The Labute approximate surface area is 95.3 Å². The summed E-state index contributed by atoms with van der Waals surface area (Å²) >= 11 is 1.97. The van der Waals surface area contributed by atoms with Crippen molar-refractivity contribution >= 4 is 22.7 Å². The second kappa shape index (κ2) is 4.31. The van der Waals surface area contributed by atoms with E-state index in [0.717, 1.165) is 5.75 Å². The fourth-order valence-electron chi connectivity index (χ4n) is 1.70. The highest BCUT2D eigenvalue weighted by Gasteiger charge is 2.03. The minimum atomic E-state index is 0.692. The maximum absolute atomic E-state index is 3.47. The highest BCUT2D eigenvalue weighted by molar-refractivity contribution is 7.99. The SMILES string of the molecule is Cc1cccc2[nH]c(CSC(C)C)cc12.